The van der Waals surface area contributed by atoms with Gasteiger partial charge in [-0.15, -0.1) is 16.4 Å². The number of ether oxygens (including phenoxy) is 1. The van der Waals surface area contributed by atoms with Gasteiger partial charge in [0.05, 0.1) is 24.1 Å². The normalized spacial score (nSPS) is 10.6. The molecule has 2 N–H and O–H groups in total. The second kappa shape index (κ2) is 10.5. The number of aromatic nitrogens is 3. The lowest BCUT2D eigenvalue weighted by Crippen LogP contribution is -2.21. The van der Waals surface area contributed by atoms with Crippen LogP contribution >= 0.6 is 46.8 Å². The topological polar surface area (TPSA) is 101 Å². The van der Waals surface area contributed by atoms with Crippen LogP contribution in [-0.4, -0.2) is 57.9 Å². The molecule has 0 aliphatic carbocycles. The minimum atomic E-state index is -0.575. The molecule has 13 heteroatoms. The molecule has 3 aromatic rings. The Kier molecular flexibility index (Phi) is 7.90. The number of nitrogens with one attached hydrogen (secondary N) is 2. The largest absolute Gasteiger partial charge is 0.465 e. The summed E-state index contributed by atoms with van der Waals surface area (Å²) in [6.07, 6.45) is 1.53. The molecule has 0 aliphatic rings. The molecule has 2 aromatic heterocycles. The van der Waals surface area contributed by atoms with Gasteiger partial charge in [0.25, 0.3) is 5.91 Å². The van der Waals surface area contributed by atoms with Crippen LogP contribution in [0.5, 0.6) is 0 Å². The fourth-order valence-corrected chi connectivity index (χ4v) is 4.79. The van der Waals surface area contributed by atoms with Gasteiger partial charge in [0.15, 0.2) is 5.11 Å². The van der Waals surface area contributed by atoms with Crippen LogP contribution in [-0.2, 0) is 11.3 Å². The number of thiocarbonyl (C=S) groups is 1. The average Bonchev–Trinajstić information content (AvgIpc) is 3.32. The van der Waals surface area contributed by atoms with Gasteiger partial charge >= 0.3 is 5.97 Å². The number of carbonyl (C=O) groups excluding carboxylic acids is 2. The van der Waals surface area contributed by atoms with Crippen molar-refractivity contribution in [2.24, 2.45) is 0 Å². The van der Waals surface area contributed by atoms with Gasteiger partial charge < -0.3 is 15.0 Å². The van der Waals surface area contributed by atoms with Crippen LogP contribution in [0.4, 0.5) is 10.9 Å². The zero-order valence-electron chi connectivity index (χ0n) is 18.1. The van der Waals surface area contributed by atoms with Crippen LogP contribution in [0.25, 0.3) is 0 Å². The molecule has 1 aromatic carbocycles. The molecule has 0 bridgehead atoms. The van der Waals surface area contributed by atoms with Crippen molar-refractivity contribution in [2.45, 2.75) is 13.5 Å². The number of rotatable bonds is 6. The standard InChI is InChI=1S/C20H20Cl2N6O3S2/c1-10-14(18(30)31-4)16(33-15(10)17(29)27(2)3)24-20(32)25-19-23-9-28(26-19)8-11-5-6-12(21)7-13(11)22/h5-7,9H,8H2,1-4H3,(H2,24,25,26,32). The fourth-order valence-electron chi connectivity index (χ4n) is 2.84. The summed E-state index contributed by atoms with van der Waals surface area (Å²) in [6.45, 7) is 2.07. The molecule has 3 rings (SSSR count). The van der Waals surface area contributed by atoms with E-state index >= 15 is 0 Å². The van der Waals surface area contributed by atoms with E-state index in [2.05, 4.69) is 20.7 Å². The highest BCUT2D eigenvalue weighted by Crippen LogP contribution is 2.34. The van der Waals surface area contributed by atoms with E-state index in [0.717, 1.165) is 16.9 Å². The number of halogens is 2. The first-order valence-electron chi connectivity index (χ1n) is 9.45. The minimum absolute atomic E-state index is 0.146. The van der Waals surface area contributed by atoms with Gasteiger partial charge in [-0.2, -0.15) is 0 Å². The van der Waals surface area contributed by atoms with Gasteiger partial charge in [0, 0.05) is 24.1 Å². The molecule has 0 radical (unpaired) electrons. The third-order valence-electron chi connectivity index (χ3n) is 4.47. The Morgan fingerprint density at radius 2 is 2.00 bits per heavy atom. The summed E-state index contributed by atoms with van der Waals surface area (Å²) in [5.41, 5.74) is 1.58. The first kappa shape index (κ1) is 24.9. The van der Waals surface area contributed by atoms with E-state index in [1.54, 1.807) is 37.8 Å². The number of thiophene rings is 1. The summed E-state index contributed by atoms with van der Waals surface area (Å²) in [6, 6.07) is 5.21. The van der Waals surface area contributed by atoms with Crippen LogP contribution in [0.1, 0.15) is 31.2 Å². The summed E-state index contributed by atoms with van der Waals surface area (Å²) in [4.78, 5) is 30.8. The summed E-state index contributed by atoms with van der Waals surface area (Å²) >= 11 is 18.6. The smallest absolute Gasteiger partial charge is 0.341 e. The monoisotopic (exact) mass is 526 g/mol. The van der Waals surface area contributed by atoms with E-state index in [0.29, 0.717) is 32.0 Å². The summed E-state index contributed by atoms with van der Waals surface area (Å²) in [7, 11) is 4.55. The van der Waals surface area contributed by atoms with Gasteiger partial charge in [-0.1, -0.05) is 29.3 Å². The van der Waals surface area contributed by atoms with Crippen molar-refractivity contribution in [3.63, 3.8) is 0 Å². The average molecular weight is 527 g/mol. The van der Waals surface area contributed by atoms with E-state index in [4.69, 9.17) is 40.2 Å². The Morgan fingerprint density at radius 3 is 2.64 bits per heavy atom. The molecule has 0 saturated carbocycles. The van der Waals surface area contributed by atoms with Crippen LogP contribution < -0.4 is 10.6 Å². The lowest BCUT2D eigenvalue weighted by Gasteiger charge is -2.08. The first-order chi connectivity index (χ1) is 15.6. The number of benzene rings is 1. The van der Waals surface area contributed by atoms with Gasteiger partial charge in [-0.05, 0) is 42.4 Å². The minimum Gasteiger partial charge on any atom is -0.465 e. The Bertz CT molecular complexity index is 1220. The van der Waals surface area contributed by atoms with Crippen molar-refractivity contribution in [1.82, 2.24) is 19.7 Å². The molecule has 33 heavy (non-hydrogen) atoms. The molecule has 0 aliphatic heterocycles. The van der Waals surface area contributed by atoms with E-state index < -0.39 is 5.97 Å². The molecule has 0 fully saturated rings. The van der Waals surface area contributed by atoms with Crippen LogP contribution in [0.15, 0.2) is 24.5 Å². The van der Waals surface area contributed by atoms with Crippen LogP contribution in [0.2, 0.25) is 10.0 Å². The van der Waals surface area contributed by atoms with Crippen LogP contribution in [0, 0.1) is 6.92 Å². The van der Waals surface area contributed by atoms with Crippen molar-refractivity contribution in [1.29, 1.82) is 0 Å². The van der Waals surface area contributed by atoms with Gasteiger partial charge in [0.2, 0.25) is 5.95 Å². The number of carbonyl (C=O) groups is 2. The maximum absolute atomic E-state index is 12.5. The number of esters is 1. The quantitative estimate of drug-likeness (QED) is 0.362. The number of hydrogen-bond acceptors (Lipinski definition) is 7. The lowest BCUT2D eigenvalue weighted by atomic mass is 10.1. The number of methoxy groups -OCH3 is 1. The van der Waals surface area contributed by atoms with Gasteiger partial charge in [-0.25, -0.2) is 14.5 Å². The maximum Gasteiger partial charge on any atom is 0.341 e. The number of nitrogens with zero attached hydrogens (tertiary/aromatic N) is 4. The molecule has 174 valence electrons. The molecule has 0 atom stereocenters. The molecule has 9 nitrogen and oxygen atoms in total. The van der Waals surface area contributed by atoms with Crippen molar-refractivity contribution in [3.8, 4) is 0 Å². The van der Waals surface area contributed by atoms with E-state index in [9.17, 15) is 9.59 Å². The number of amides is 1. The SMILES string of the molecule is COC(=O)c1c(NC(=S)Nc2ncn(Cc3ccc(Cl)cc3Cl)n2)sc(C(=O)N(C)C)c1C. The second-order valence-corrected chi connectivity index (χ2v) is 9.30. The number of hydrogen-bond donors (Lipinski definition) is 2. The highest BCUT2D eigenvalue weighted by Gasteiger charge is 2.26. The summed E-state index contributed by atoms with van der Waals surface area (Å²) in [5, 5.41) is 11.7. The van der Waals surface area contributed by atoms with Gasteiger partial charge in [-0.3, -0.25) is 10.1 Å². The summed E-state index contributed by atoms with van der Waals surface area (Å²) < 4.78 is 6.47. The van der Waals surface area contributed by atoms with E-state index in [1.807, 2.05) is 6.07 Å². The molecular weight excluding hydrogens is 507 g/mol. The van der Waals surface area contributed by atoms with Crippen molar-refractivity contribution in [3.05, 3.63) is 56.1 Å². The highest BCUT2D eigenvalue weighted by atomic mass is 35.5. The molecule has 0 spiro atoms. The van der Waals surface area contributed by atoms with Crippen molar-refractivity contribution in [2.75, 3.05) is 31.8 Å². The zero-order valence-corrected chi connectivity index (χ0v) is 21.2. The molecule has 2 heterocycles. The maximum atomic E-state index is 12.5. The Labute approximate surface area is 209 Å². The first-order valence-corrected chi connectivity index (χ1v) is 11.4. The predicted molar refractivity (Wildman–Crippen MR) is 134 cm³/mol. The molecule has 0 unspecified atom stereocenters. The lowest BCUT2D eigenvalue weighted by molar-refractivity contribution is 0.0601. The van der Waals surface area contributed by atoms with E-state index in [1.165, 1.54) is 18.3 Å². The third kappa shape index (κ3) is 5.80. The molecular formula is C20H20Cl2N6O3S2. The molecule has 0 saturated heterocycles. The van der Waals surface area contributed by atoms with Crippen molar-refractivity contribution >= 4 is 74.7 Å². The summed E-state index contributed by atoms with van der Waals surface area (Å²) in [5.74, 6) is -0.556. The van der Waals surface area contributed by atoms with E-state index in [-0.39, 0.29) is 22.5 Å². The van der Waals surface area contributed by atoms with Gasteiger partial charge in [0.1, 0.15) is 11.3 Å². The fraction of sp³-hybridized carbons (Fsp3) is 0.250. The van der Waals surface area contributed by atoms with Crippen molar-refractivity contribution < 1.29 is 14.3 Å². The van der Waals surface area contributed by atoms with Crippen LogP contribution in [0.3, 0.4) is 0 Å². The third-order valence-corrected chi connectivity index (χ3v) is 6.46. The Morgan fingerprint density at radius 1 is 1.27 bits per heavy atom. The number of anilines is 2. The highest BCUT2D eigenvalue weighted by molar-refractivity contribution is 7.80. The predicted octanol–water partition coefficient (Wildman–Crippen LogP) is 4.30. The molecule has 1 amide bonds. The Balaban J connectivity index is 1.75. The zero-order chi connectivity index (χ0) is 24.3. The second-order valence-electron chi connectivity index (χ2n) is 7.03. The Hall–Kier alpha value is -2.73.